The topological polar surface area (TPSA) is 47.3 Å². The van der Waals surface area contributed by atoms with Crippen molar-refractivity contribution in [1.29, 1.82) is 0 Å². The van der Waals surface area contributed by atoms with Gasteiger partial charge in [-0.2, -0.15) is 13.2 Å². The summed E-state index contributed by atoms with van der Waals surface area (Å²) in [4.78, 5) is 4.01. The lowest BCUT2D eigenvalue weighted by Gasteiger charge is -2.06. The molecule has 1 N–H and O–H groups in total. The average molecular weight is 266 g/mol. The molecular formula is C11H17F3N2O2. The first kappa shape index (κ1) is 15.0. The van der Waals surface area contributed by atoms with Gasteiger partial charge in [-0.05, 0) is 0 Å². The Bertz CT molecular complexity index is 350. The van der Waals surface area contributed by atoms with E-state index in [9.17, 15) is 13.2 Å². The predicted octanol–water partition coefficient (Wildman–Crippen LogP) is 2.29. The third kappa shape index (κ3) is 6.61. The summed E-state index contributed by atoms with van der Waals surface area (Å²) >= 11 is 0. The number of ether oxygens (including phenoxy) is 1. The lowest BCUT2D eigenvalue weighted by molar-refractivity contribution is -0.173. The van der Waals surface area contributed by atoms with Crippen LogP contribution in [0.2, 0.25) is 0 Å². The van der Waals surface area contributed by atoms with Crippen molar-refractivity contribution in [3.8, 4) is 0 Å². The molecule has 1 heterocycles. The van der Waals surface area contributed by atoms with E-state index in [1.165, 1.54) is 6.20 Å². The van der Waals surface area contributed by atoms with Gasteiger partial charge in [-0.25, -0.2) is 4.98 Å². The Kier molecular flexibility index (Phi) is 5.61. The number of halogens is 3. The van der Waals surface area contributed by atoms with E-state index in [2.05, 4.69) is 15.0 Å². The molecule has 104 valence electrons. The number of alkyl halides is 3. The van der Waals surface area contributed by atoms with Crippen molar-refractivity contribution in [3.05, 3.63) is 17.8 Å². The van der Waals surface area contributed by atoms with Crippen LogP contribution in [0.5, 0.6) is 0 Å². The highest BCUT2D eigenvalue weighted by atomic mass is 19.4. The van der Waals surface area contributed by atoms with Crippen molar-refractivity contribution >= 4 is 0 Å². The van der Waals surface area contributed by atoms with Crippen LogP contribution in [0.3, 0.4) is 0 Å². The average Bonchev–Trinajstić information content (AvgIpc) is 2.68. The fourth-order valence-corrected chi connectivity index (χ4v) is 1.20. The molecule has 1 rings (SSSR count). The molecule has 1 aromatic heterocycles. The Morgan fingerprint density at radius 1 is 1.44 bits per heavy atom. The molecule has 0 atom stereocenters. The van der Waals surface area contributed by atoms with Gasteiger partial charge in [0.05, 0.1) is 19.3 Å². The molecule has 0 fully saturated rings. The zero-order chi connectivity index (χ0) is 13.6. The fraction of sp³-hybridized carbons (Fsp3) is 0.727. The Morgan fingerprint density at radius 3 is 2.78 bits per heavy atom. The number of nitrogens with one attached hydrogen (secondary N) is 1. The summed E-state index contributed by atoms with van der Waals surface area (Å²) in [7, 11) is 0. The first-order valence-electron chi connectivity index (χ1n) is 5.68. The van der Waals surface area contributed by atoms with Gasteiger partial charge >= 0.3 is 6.18 Å². The van der Waals surface area contributed by atoms with Gasteiger partial charge in [0.1, 0.15) is 12.4 Å². The Hall–Kier alpha value is -1.08. The monoisotopic (exact) mass is 266 g/mol. The van der Waals surface area contributed by atoms with Crippen molar-refractivity contribution in [2.24, 2.45) is 0 Å². The van der Waals surface area contributed by atoms with Crippen LogP contribution in [0.15, 0.2) is 10.6 Å². The second-order valence-electron chi connectivity index (χ2n) is 4.17. The van der Waals surface area contributed by atoms with Crippen molar-refractivity contribution < 1.29 is 22.3 Å². The molecule has 0 amide bonds. The van der Waals surface area contributed by atoms with Crippen molar-refractivity contribution in [3.63, 3.8) is 0 Å². The fourth-order valence-electron chi connectivity index (χ4n) is 1.20. The van der Waals surface area contributed by atoms with E-state index in [1.54, 1.807) is 0 Å². The number of nitrogens with zero attached hydrogens (tertiary/aromatic N) is 1. The number of hydrogen-bond donors (Lipinski definition) is 1. The van der Waals surface area contributed by atoms with Crippen molar-refractivity contribution in [1.82, 2.24) is 10.3 Å². The molecule has 0 bridgehead atoms. The molecule has 0 aromatic carbocycles. The normalized spacial score (nSPS) is 12.3. The van der Waals surface area contributed by atoms with Crippen LogP contribution >= 0.6 is 0 Å². The third-order valence-corrected chi connectivity index (χ3v) is 2.02. The number of aromatic nitrogens is 1. The van der Waals surface area contributed by atoms with Gasteiger partial charge in [0.2, 0.25) is 5.89 Å². The molecule has 18 heavy (non-hydrogen) atoms. The van der Waals surface area contributed by atoms with E-state index in [-0.39, 0.29) is 13.0 Å². The molecule has 0 saturated heterocycles. The summed E-state index contributed by atoms with van der Waals surface area (Å²) < 4.78 is 45.2. The largest absolute Gasteiger partial charge is 0.444 e. The van der Waals surface area contributed by atoms with E-state index in [1.807, 2.05) is 13.8 Å². The second kappa shape index (κ2) is 6.75. The second-order valence-corrected chi connectivity index (χ2v) is 4.17. The SMILES string of the molecule is CC(C)NCc1ncc(CCOCC(F)(F)F)o1. The Morgan fingerprint density at radius 2 is 2.17 bits per heavy atom. The van der Waals surface area contributed by atoms with Crippen LogP contribution < -0.4 is 5.32 Å². The van der Waals surface area contributed by atoms with Gasteiger partial charge in [0.15, 0.2) is 0 Å². The molecule has 0 unspecified atom stereocenters. The van der Waals surface area contributed by atoms with Crippen LogP contribution in [0.25, 0.3) is 0 Å². The highest BCUT2D eigenvalue weighted by molar-refractivity contribution is 4.94. The molecular weight excluding hydrogens is 249 g/mol. The summed E-state index contributed by atoms with van der Waals surface area (Å²) in [6, 6.07) is 0.315. The van der Waals surface area contributed by atoms with Gasteiger partial charge in [-0.1, -0.05) is 13.8 Å². The third-order valence-electron chi connectivity index (χ3n) is 2.02. The first-order chi connectivity index (χ1) is 8.37. The smallest absolute Gasteiger partial charge is 0.411 e. The Balaban J connectivity index is 2.23. The van der Waals surface area contributed by atoms with E-state index >= 15 is 0 Å². The van der Waals surface area contributed by atoms with Crippen LogP contribution in [-0.2, 0) is 17.7 Å². The first-order valence-corrected chi connectivity index (χ1v) is 5.68. The Labute approximate surface area is 104 Å². The number of hydrogen-bond acceptors (Lipinski definition) is 4. The van der Waals surface area contributed by atoms with Crippen molar-refractivity contribution in [2.45, 2.75) is 39.0 Å². The molecule has 1 aromatic rings. The van der Waals surface area contributed by atoms with Gasteiger partial charge in [-0.3, -0.25) is 0 Å². The minimum atomic E-state index is -4.28. The van der Waals surface area contributed by atoms with Crippen LogP contribution in [-0.4, -0.2) is 30.4 Å². The minimum Gasteiger partial charge on any atom is -0.444 e. The lowest BCUT2D eigenvalue weighted by Crippen LogP contribution is -2.21. The lowest BCUT2D eigenvalue weighted by atomic mass is 10.4. The van der Waals surface area contributed by atoms with Gasteiger partial charge < -0.3 is 14.5 Å². The molecule has 0 aliphatic rings. The summed E-state index contributed by atoms with van der Waals surface area (Å²) in [6.07, 6.45) is -2.49. The number of oxazole rings is 1. The molecule has 7 heteroatoms. The standard InChI is InChI=1S/C11H17F3N2O2/c1-8(2)15-6-10-16-5-9(18-10)3-4-17-7-11(12,13)14/h5,8,15H,3-4,6-7H2,1-2H3. The van der Waals surface area contributed by atoms with E-state index in [4.69, 9.17) is 4.42 Å². The van der Waals surface area contributed by atoms with Crippen LogP contribution in [0.4, 0.5) is 13.2 Å². The highest BCUT2D eigenvalue weighted by Gasteiger charge is 2.27. The molecule has 0 aliphatic carbocycles. The van der Waals surface area contributed by atoms with Crippen LogP contribution in [0, 0.1) is 0 Å². The summed E-state index contributed by atoms with van der Waals surface area (Å²) in [6.45, 7) is 3.22. The molecule has 0 radical (unpaired) electrons. The molecule has 0 saturated carbocycles. The van der Waals surface area contributed by atoms with Crippen molar-refractivity contribution in [2.75, 3.05) is 13.2 Å². The van der Waals surface area contributed by atoms with E-state index < -0.39 is 12.8 Å². The summed E-state index contributed by atoms with van der Waals surface area (Å²) in [5.74, 6) is 1.05. The van der Waals surface area contributed by atoms with Crippen LogP contribution in [0.1, 0.15) is 25.5 Å². The highest BCUT2D eigenvalue weighted by Crippen LogP contribution is 2.14. The summed E-state index contributed by atoms with van der Waals surface area (Å²) in [5, 5.41) is 3.13. The van der Waals surface area contributed by atoms with E-state index in [0.717, 1.165) is 0 Å². The maximum absolute atomic E-state index is 11.8. The summed E-state index contributed by atoms with van der Waals surface area (Å²) in [5.41, 5.74) is 0. The van der Waals surface area contributed by atoms with E-state index in [0.29, 0.717) is 24.2 Å². The molecule has 4 nitrogen and oxygen atoms in total. The molecule has 0 aliphatic heterocycles. The number of rotatable bonds is 7. The zero-order valence-electron chi connectivity index (χ0n) is 10.4. The van der Waals surface area contributed by atoms with Gasteiger partial charge in [0, 0.05) is 12.5 Å². The predicted molar refractivity (Wildman–Crippen MR) is 59.1 cm³/mol. The minimum absolute atomic E-state index is 0.0360. The van der Waals surface area contributed by atoms with Gasteiger partial charge in [-0.15, -0.1) is 0 Å². The van der Waals surface area contributed by atoms with Gasteiger partial charge in [0.25, 0.3) is 0 Å². The zero-order valence-corrected chi connectivity index (χ0v) is 10.4. The maximum atomic E-state index is 11.8. The molecule has 0 spiro atoms. The quantitative estimate of drug-likeness (QED) is 0.769. The maximum Gasteiger partial charge on any atom is 0.411 e.